The topological polar surface area (TPSA) is 12.0 Å². The van der Waals surface area contributed by atoms with Gasteiger partial charge in [0, 0.05) is 12.1 Å². The minimum absolute atomic E-state index is 0.101. The van der Waals surface area contributed by atoms with Gasteiger partial charge in [0.2, 0.25) is 0 Å². The standard InChI is InChI=1S/C16H16BrF2N/c1-2-12(8-11-6-4-3-5-7-11)20-16-9-13(17)14(18)10-15(16)19/h3-7,9-10,12,20H,2,8H2,1H3. The van der Waals surface area contributed by atoms with Gasteiger partial charge in [-0.25, -0.2) is 8.78 Å². The molecule has 2 rings (SSSR count). The first-order chi connectivity index (χ1) is 9.60. The highest BCUT2D eigenvalue weighted by atomic mass is 79.9. The summed E-state index contributed by atoms with van der Waals surface area (Å²) in [7, 11) is 0. The van der Waals surface area contributed by atoms with E-state index in [1.807, 2.05) is 37.3 Å². The van der Waals surface area contributed by atoms with Crippen molar-refractivity contribution >= 4 is 21.6 Å². The Hall–Kier alpha value is -1.42. The van der Waals surface area contributed by atoms with Crippen molar-refractivity contribution in [1.29, 1.82) is 0 Å². The third-order valence-corrected chi connectivity index (χ3v) is 3.80. The van der Waals surface area contributed by atoms with E-state index in [1.54, 1.807) is 0 Å². The van der Waals surface area contributed by atoms with Gasteiger partial charge >= 0.3 is 0 Å². The SMILES string of the molecule is CCC(Cc1ccccc1)Nc1cc(Br)c(F)cc1F. The van der Waals surface area contributed by atoms with Crippen molar-refractivity contribution in [2.45, 2.75) is 25.8 Å². The second-order valence-corrected chi connectivity index (χ2v) is 5.54. The molecule has 4 heteroatoms. The fraction of sp³-hybridized carbons (Fsp3) is 0.250. The zero-order valence-corrected chi connectivity index (χ0v) is 12.8. The molecule has 2 aromatic rings. The van der Waals surface area contributed by atoms with Crippen molar-refractivity contribution in [1.82, 2.24) is 0 Å². The van der Waals surface area contributed by atoms with Crippen LogP contribution in [0.15, 0.2) is 46.9 Å². The molecule has 0 aliphatic rings. The van der Waals surface area contributed by atoms with Gasteiger partial charge in [-0.05, 0) is 40.4 Å². The lowest BCUT2D eigenvalue weighted by atomic mass is 10.0. The van der Waals surface area contributed by atoms with E-state index in [1.165, 1.54) is 11.6 Å². The number of rotatable bonds is 5. The van der Waals surface area contributed by atoms with E-state index < -0.39 is 11.6 Å². The van der Waals surface area contributed by atoms with Crippen LogP contribution in [-0.4, -0.2) is 6.04 Å². The smallest absolute Gasteiger partial charge is 0.149 e. The summed E-state index contributed by atoms with van der Waals surface area (Å²) in [6.45, 7) is 2.04. The summed E-state index contributed by atoms with van der Waals surface area (Å²) in [6.07, 6.45) is 1.65. The van der Waals surface area contributed by atoms with E-state index in [4.69, 9.17) is 0 Å². The molecule has 0 aromatic heterocycles. The third-order valence-electron chi connectivity index (χ3n) is 3.19. The van der Waals surface area contributed by atoms with Crippen molar-refractivity contribution < 1.29 is 8.78 Å². The highest BCUT2D eigenvalue weighted by molar-refractivity contribution is 9.10. The Balaban J connectivity index is 2.12. The number of benzene rings is 2. The van der Waals surface area contributed by atoms with E-state index >= 15 is 0 Å². The maximum Gasteiger partial charge on any atom is 0.149 e. The lowest BCUT2D eigenvalue weighted by molar-refractivity contribution is 0.576. The van der Waals surface area contributed by atoms with Crippen LogP contribution in [0.1, 0.15) is 18.9 Å². The van der Waals surface area contributed by atoms with Crippen LogP contribution in [-0.2, 0) is 6.42 Å². The van der Waals surface area contributed by atoms with Gasteiger partial charge in [-0.1, -0.05) is 37.3 Å². The largest absolute Gasteiger partial charge is 0.380 e. The monoisotopic (exact) mass is 339 g/mol. The first kappa shape index (κ1) is 15.0. The second-order valence-electron chi connectivity index (χ2n) is 4.69. The van der Waals surface area contributed by atoms with Crippen molar-refractivity contribution in [3.05, 3.63) is 64.1 Å². The molecule has 20 heavy (non-hydrogen) atoms. The van der Waals surface area contributed by atoms with Gasteiger partial charge in [0.25, 0.3) is 0 Å². The molecule has 0 spiro atoms. The van der Waals surface area contributed by atoms with Crippen LogP contribution in [0.4, 0.5) is 14.5 Å². The molecular formula is C16H16BrF2N. The Morgan fingerprint density at radius 2 is 1.80 bits per heavy atom. The van der Waals surface area contributed by atoms with Crippen molar-refractivity contribution in [2.75, 3.05) is 5.32 Å². The van der Waals surface area contributed by atoms with Gasteiger partial charge in [0.1, 0.15) is 11.6 Å². The van der Waals surface area contributed by atoms with Gasteiger partial charge in [-0.2, -0.15) is 0 Å². The molecule has 0 saturated carbocycles. The Kier molecular flexibility index (Phi) is 5.12. The fourth-order valence-electron chi connectivity index (χ4n) is 2.05. The Bertz CT molecular complexity index is 572. The van der Waals surface area contributed by atoms with Crippen molar-refractivity contribution in [3.63, 3.8) is 0 Å². The molecule has 1 unspecified atom stereocenters. The average molecular weight is 340 g/mol. The Morgan fingerprint density at radius 3 is 2.45 bits per heavy atom. The molecule has 0 aliphatic heterocycles. The molecule has 1 N–H and O–H groups in total. The summed E-state index contributed by atoms with van der Waals surface area (Å²) < 4.78 is 27.2. The predicted molar refractivity (Wildman–Crippen MR) is 81.9 cm³/mol. The van der Waals surface area contributed by atoms with Crippen LogP contribution in [0.2, 0.25) is 0 Å². The number of nitrogens with one attached hydrogen (secondary N) is 1. The second kappa shape index (κ2) is 6.84. The lowest BCUT2D eigenvalue weighted by Crippen LogP contribution is -2.22. The number of halogens is 3. The van der Waals surface area contributed by atoms with E-state index in [0.717, 1.165) is 18.9 Å². The third kappa shape index (κ3) is 3.79. The number of anilines is 1. The van der Waals surface area contributed by atoms with E-state index in [-0.39, 0.29) is 10.5 Å². The highest BCUT2D eigenvalue weighted by Gasteiger charge is 2.12. The molecule has 1 nitrogen and oxygen atoms in total. The van der Waals surface area contributed by atoms with Crippen LogP contribution in [0, 0.1) is 11.6 Å². The van der Waals surface area contributed by atoms with Crippen LogP contribution in [0.3, 0.4) is 0 Å². The summed E-state index contributed by atoms with van der Waals surface area (Å²) >= 11 is 3.08. The summed E-state index contributed by atoms with van der Waals surface area (Å²) in [4.78, 5) is 0. The maximum atomic E-state index is 13.7. The van der Waals surface area contributed by atoms with Crippen LogP contribution < -0.4 is 5.32 Å². The quantitative estimate of drug-likeness (QED) is 0.742. The number of hydrogen-bond acceptors (Lipinski definition) is 1. The van der Waals surface area contributed by atoms with Crippen LogP contribution in [0.5, 0.6) is 0 Å². The zero-order chi connectivity index (χ0) is 14.5. The molecule has 0 radical (unpaired) electrons. The zero-order valence-electron chi connectivity index (χ0n) is 11.2. The molecule has 0 amide bonds. The first-order valence-electron chi connectivity index (χ1n) is 6.55. The minimum atomic E-state index is -0.593. The summed E-state index contributed by atoms with van der Waals surface area (Å²) in [5.74, 6) is -1.17. The van der Waals surface area contributed by atoms with Gasteiger partial charge in [-0.3, -0.25) is 0 Å². The summed E-state index contributed by atoms with van der Waals surface area (Å²) in [5, 5.41) is 3.14. The highest BCUT2D eigenvalue weighted by Crippen LogP contribution is 2.25. The Morgan fingerprint density at radius 1 is 1.10 bits per heavy atom. The average Bonchev–Trinajstić information content (AvgIpc) is 2.45. The van der Waals surface area contributed by atoms with Gasteiger partial charge in [0.05, 0.1) is 10.2 Å². The molecule has 0 bridgehead atoms. The Labute approximate surface area is 126 Å². The molecule has 0 saturated heterocycles. The lowest BCUT2D eigenvalue weighted by Gasteiger charge is -2.19. The molecule has 106 valence electrons. The van der Waals surface area contributed by atoms with Gasteiger partial charge in [-0.15, -0.1) is 0 Å². The van der Waals surface area contributed by atoms with E-state index in [0.29, 0.717) is 5.69 Å². The normalized spacial score (nSPS) is 12.2. The molecule has 1 atom stereocenters. The first-order valence-corrected chi connectivity index (χ1v) is 7.34. The van der Waals surface area contributed by atoms with Gasteiger partial charge < -0.3 is 5.32 Å². The minimum Gasteiger partial charge on any atom is -0.380 e. The summed E-state index contributed by atoms with van der Waals surface area (Å²) in [5.41, 5.74) is 1.51. The van der Waals surface area contributed by atoms with E-state index in [2.05, 4.69) is 21.2 Å². The molecule has 0 aliphatic carbocycles. The molecule has 2 aromatic carbocycles. The van der Waals surface area contributed by atoms with Crippen LogP contribution >= 0.6 is 15.9 Å². The van der Waals surface area contributed by atoms with Crippen molar-refractivity contribution in [3.8, 4) is 0 Å². The van der Waals surface area contributed by atoms with E-state index in [9.17, 15) is 8.78 Å². The molecule has 0 fully saturated rings. The van der Waals surface area contributed by atoms with Crippen molar-refractivity contribution in [2.24, 2.45) is 0 Å². The number of hydrogen-bond donors (Lipinski definition) is 1. The fourth-order valence-corrected chi connectivity index (χ4v) is 2.39. The maximum absolute atomic E-state index is 13.7. The molecule has 0 heterocycles. The predicted octanol–water partition coefficient (Wildman–Crippen LogP) is 5.16. The van der Waals surface area contributed by atoms with Gasteiger partial charge in [0.15, 0.2) is 0 Å². The summed E-state index contributed by atoms with van der Waals surface area (Å²) in [6, 6.07) is 12.5. The van der Waals surface area contributed by atoms with Crippen LogP contribution in [0.25, 0.3) is 0 Å². The molecular weight excluding hydrogens is 324 g/mol.